The fourth-order valence-corrected chi connectivity index (χ4v) is 3.64. The van der Waals surface area contributed by atoms with Gasteiger partial charge in [-0.15, -0.1) is 0 Å². The molecule has 0 bridgehead atoms. The Morgan fingerprint density at radius 3 is 2.50 bits per heavy atom. The Kier molecular flexibility index (Phi) is 6.29. The number of nitriles is 1. The maximum atomic E-state index is 12.6. The van der Waals surface area contributed by atoms with Crippen molar-refractivity contribution in [1.29, 1.82) is 5.26 Å². The number of carbonyl (C=O) groups is 1. The number of hydrogen-bond acceptors (Lipinski definition) is 4. The van der Waals surface area contributed by atoms with Crippen molar-refractivity contribution in [1.82, 2.24) is 14.9 Å². The van der Waals surface area contributed by atoms with Crippen LogP contribution in [0.5, 0.6) is 0 Å². The van der Waals surface area contributed by atoms with Crippen molar-refractivity contribution in [3.05, 3.63) is 83.4 Å². The van der Waals surface area contributed by atoms with Crippen molar-refractivity contribution >= 4 is 16.9 Å². The van der Waals surface area contributed by atoms with Gasteiger partial charge >= 0.3 is 0 Å². The van der Waals surface area contributed by atoms with Gasteiger partial charge in [-0.05, 0) is 80.9 Å². The molecule has 6 nitrogen and oxygen atoms in total. The van der Waals surface area contributed by atoms with Crippen LogP contribution < -0.4 is 11.1 Å². The van der Waals surface area contributed by atoms with E-state index in [0.717, 1.165) is 41.0 Å². The highest BCUT2D eigenvalue weighted by Crippen LogP contribution is 2.29. The third-order valence-corrected chi connectivity index (χ3v) is 5.40. The van der Waals surface area contributed by atoms with Gasteiger partial charge in [0.2, 0.25) is 0 Å². The number of imidazole rings is 1. The lowest BCUT2D eigenvalue weighted by atomic mass is 10.1. The fourth-order valence-electron chi connectivity index (χ4n) is 3.64. The number of aryl methyl sites for hydroxylation is 1. The Hall–Kier alpha value is -3.95. The zero-order chi connectivity index (χ0) is 22.5. The van der Waals surface area contributed by atoms with Gasteiger partial charge in [0.05, 0.1) is 22.7 Å². The normalized spacial score (nSPS) is 10.8. The highest BCUT2D eigenvalue weighted by Gasteiger charge is 2.16. The van der Waals surface area contributed by atoms with Gasteiger partial charge in [0.15, 0.2) is 0 Å². The minimum absolute atomic E-state index is 0.117. The van der Waals surface area contributed by atoms with Crippen molar-refractivity contribution in [2.45, 2.75) is 19.8 Å². The number of aromatic nitrogens is 2. The zero-order valence-corrected chi connectivity index (χ0v) is 18.0. The molecule has 1 aromatic heterocycles. The lowest BCUT2D eigenvalue weighted by Crippen LogP contribution is -2.24. The van der Waals surface area contributed by atoms with Crippen LogP contribution in [0.25, 0.3) is 28.1 Å². The Morgan fingerprint density at radius 1 is 1.06 bits per heavy atom. The summed E-state index contributed by atoms with van der Waals surface area (Å²) in [5, 5.41) is 12.1. The Bertz CT molecular complexity index is 1280. The van der Waals surface area contributed by atoms with E-state index in [-0.39, 0.29) is 5.91 Å². The average Bonchev–Trinajstić information content (AvgIpc) is 3.21. The average molecular weight is 424 g/mol. The topological polar surface area (TPSA) is 96.7 Å². The van der Waals surface area contributed by atoms with Gasteiger partial charge in [0, 0.05) is 23.4 Å². The molecular formula is C26H25N5O. The van der Waals surface area contributed by atoms with E-state index >= 15 is 0 Å². The van der Waals surface area contributed by atoms with Crippen LogP contribution in [0.4, 0.5) is 0 Å². The summed E-state index contributed by atoms with van der Waals surface area (Å²) >= 11 is 0. The van der Waals surface area contributed by atoms with Gasteiger partial charge in [0.1, 0.15) is 5.82 Å². The molecule has 0 spiro atoms. The van der Waals surface area contributed by atoms with E-state index in [0.29, 0.717) is 24.2 Å². The molecule has 0 aliphatic heterocycles. The molecule has 0 aliphatic carbocycles. The molecular weight excluding hydrogens is 398 g/mol. The predicted molar refractivity (Wildman–Crippen MR) is 127 cm³/mol. The van der Waals surface area contributed by atoms with Crippen LogP contribution in [0.3, 0.4) is 0 Å². The smallest absolute Gasteiger partial charge is 0.251 e. The van der Waals surface area contributed by atoms with Crippen LogP contribution in [0.2, 0.25) is 0 Å². The summed E-state index contributed by atoms with van der Waals surface area (Å²) in [5.41, 5.74) is 11.4. The molecule has 160 valence electrons. The molecule has 0 atom stereocenters. The fraction of sp³-hybridized carbons (Fsp3) is 0.192. The number of unbranched alkanes of at least 4 members (excludes halogenated alkanes) is 1. The summed E-state index contributed by atoms with van der Waals surface area (Å²) in [7, 11) is 0. The highest BCUT2D eigenvalue weighted by atomic mass is 16.1. The van der Waals surface area contributed by atoms with Crippen LogP contribution >= 0.6 is 0 Å². The van der Waals surface area contributed by atoms with E-state index in [2.05, 4.69) is 47.1 Å². The molecule has 0 aliphatic rings. The van der Waals surface area contributed by atoms with E-state index in [1.165, 1.54) is 5.56 Å². The molecule has 3 N–H and O–H groups in total. The van der Waals surface area contributed by atoms with Crippen molar-refractivity contribution in [2.24, 2.45) is 5.73 Å². The molecule has 6 heteroatoms. The Morgan fingerprint density at radius 2 is 1.81 bits per heavy atom. The number of nitrogens with two attached hydrogens (primary N) is 1. The van der Waals surface area contributed by atoms with Gasteiger partial charge in [-0.3, -0.25) is 9.36 Å². The second-order valence-corrected chi connectivity index (χ2v) is 7.75. The van der Waals surface area contributed by atoms with Crippen molar-refractivity contribution in [3.63, 3.8) is 0 Å². The molecule has 3 aromatic carbocycles. The van der Waals surface area contributed by atoms with Crippen LogP contribution in [0, 0.1) is 18.3 Å². The first-order chi connectivity index (χ1) is 15.6. The minimum atomic E-state index is -0.117. The third kappa shape index (κ3) is 4.39. The summed E-state index contributed by atoms with van der Waals surface area (Å²) in [6.07, 6.45) is 1.74. The van der Waals surface area contributed by atoms with Crippen molar-refractivity contribution < 1.29 is 4.79 Å². The predicted octanol–water partition coefficient (Wildman–Crippen LogP) is 4.34. The largest absolute Gasteiger partial charge is 0.352 e. The van der Waals surface area contributed by atoms with Crippen LogP contribution in [-0.2, 0) is 0 Å². The number of rotatable bonds is 7. The van der Waals surface area contributed by atoms with Gasteiger partial charge in [-0.25, -0.2) is 4.98 Å². The maximum absolute atomic E-state index is 12.6. The van der Waals surface area contributed by atoms with Gasteiger partial charge in [0.25, 0.3) is 5.91 Å². The minimum Gasteiger partial charge on any atom is -0.352 e. The van der Waals surface area contributed by atoms with Crippen LogP contribution in [-0.4, -0.2) is 28.5 Å². The number of fused-ring (bicyclic) bond motifs is 1. The van der Waals surface area contributed by atoms with Gasteiger partial charge in [-0.2, -0.15) is 5.26 Å². The van der Waals surface area contributed by atoms with E-state index in [1.807, 2.05) is 30.3 Å². The first-order valence-corrected chi connectivity index (χ1v) is 10.7. The number of carbonyl (C=O) groups excluding carboxylic acids is 1. The Balaban J connectivity index is 1.78. The lowest BCUT2D eigenvalue weighted by Gasteiger charge is -2.10. The van der Waals surface area contributed by atoms with Crippen molar-refractivity contribution in [3.8, 4) is 23.1 Å². The third-order valence-electron chi connectivity index (χ3n) is 5.40. The number of hydrogen-bond donors (Lipinski definition) is 2. The molecule has 1 heterocycles. The lowest BCUT2D eigenvalue weighted by molar-refractivity contribution is 0.0953. The summed E-state index contributed by atoms with van der Waals surface area (Å²) in [6, 6.07) is 23.3. The number of nitrogens with zero attached hydrogens (tertiary/aromatic N) is 3. The second-order valence-electron chi connectivity index (χ2n) is 7.75. The van der Waals surface area contributed by atoms with Gasteiger partial charge < -0.3 is 11.1 Å². The van der Waals surface area contributed by atoms with E-state index in [1.54, 1.807) is 12.1 Å². The molecule has 4 aromatic rings. The molecule has 32 heavy (non-hydrogen) atoms. The number of amides is 1. The van der Waals surface area contributed by atoms with Gasteiger partial charge in [-0.1, -0.05) is 17.7 Å². The molecule has 0 radical (unpaired) electrons. The first kappa shape index (κ1) is 21.3. The molecule has 1 amide bonds. The molecule has 0 fully saturated rings. The number of nitrogens with one attached hydrogen (secondary N) is 1. The summed E-state index contributed by atoms with van der Waals surface area (Å²) < 4.78 is 2.08. The summed E-state index contributed by atoms with van der Waals surface area (Å²) in [5.74, 6) is 0.641. The Labute approximate surface area is 187 Å². The summed E-state index contributed by atoms with van der Waals surface area (Å²) in [6.45, 7) is 3.27. The first-order valence-electron chi connectivity index (χ1n) is 10.7. The zero-order valence-electron chi connectivity index (χ0n) is 18.0. The molecule has 4 rings (SSSR count). The molecule has 0 unspecified atom stereocenters. The van der Waals surface area contributed by atoms with Crippen molar-refractivity contribution in [2.75, 3.05) is 13.1 Å². The highest BCUT2D eigenvalue weighted by molar-refractivity contribution is 5.98. The van der Waals surface area contributed by atoms with Crippen LogP contribution in [0.15, 0.2) is 66.7 Å². The van der Waals surface area contributed by atoms with E-state index in [9.17, 15) is 4.79 Å². The molecule has 0 saturated carbocycles. The SMILES string of the molecule is Cc1ccc(-n2c(-c3ccc(C#N)cc3)nc3cc(C(=O)NCCCCN)ccc32)cc1. The second kappa shape index (κ2) is 9.46. The maximum Gasteiger partial charge on any atom is 0.251 e. The molecule has 0 saturated heterocycles. The van der Waals surface area contributed by atoms with E-state index < -0.39 is 0 Å². The monoisotopic (exact) mass is 423 g/mol. The summed E-state index contributed by atoms with van der Waals surface area (Å²) in [4.78, 5) is 17.5. The quantitative estimate of drug-likeness (QED) is 0.432. The van der Waals surface area contributed by atoms with Crippen LogP contribution in [0.1, 0.15) is 34.3 Å². The number of benzene rings is 3. The van der Waals surface area contributed by atoms with E-state index in [4.69, 9.17) is 16.0 Å². The standard InChI is InChI=1S/C26H25N5O/c1-18-4-11-22(12-5-18)31-24-13-10-21(26(32)29-15-3-2-14-27)16-23(24)30-25(31)20-8-6-19(17-28)7-9-20/h4-13,16H,2-3,14-15,27H2,1H3,(H,29,32).